The van der Waals surface area contributed by atoms with Crippen molar-refractivity contribution in [2.45, 2.75) is 38.0 Å². The summed E-state index contributed by atoms with van der Waals surface area (Å²) in [6.45, 7) is 1.22. The van der Waals surface area contributed by atoms with Crippen LogP contribution in [0.3, 0.4) is 0 Å². The summed E-state index contributed by atoms with van der Waals surface area (Å²) in [5.41, 5.74) is 2.66. The maximum absolute atomic E-state index is 13.0. The van der Waals surface area contributed by atoms with E-state index in [2.05, 4.69) is 21.6 Å². The molecule has 2 heterocycles. The van der Waals surface area contributed by atoms with Crippen LogP contribution in [0.5, 0.6) is 0 Å². The number of amides is 2. The van der Waals surface area contributed by atoms with Crippen LogP contribution in [0, 0.1) is 29.1 Å². The number of rotatable bonds is 5. The molecule has 1 saturated heterocycles. The van der Waals surface area contributed by atoms with E-state index in [1.807, 2.05) is 23.1 Å². The van der Waals surface area contributed by atoms with E-state index >= 15 is 0 Å². The molecule has 7 nitrogen and oxygen atoms in total. The van der Waals surface area contributed by atoms with Crippen molar-refractivity contribution in [1.82, 2.24) is 15.1 Å². The largest absolute Gasteiger partial charge is 0.338 e. The SMILES string of the molecule is N#CCc1ccc(C(=O)N2C[C@@H]3CC[C@@H](C2)C3C(=O)Nc2cc(C3CC3)[nH]n2)cc1. The number of hydrogen-bond acceptors (Lipinski definition) is 4. The van der Waals surface area contributed by atoms with Gasteiger partial charge < -0.3 is 10.2 Å². The highest BCUT2D eigenvalue weighted by Crippen LogP contribution is 2.43. The molecule has 154 valence electrons. The second-order valence-corrected chi connectivity index (χ2v) is 8.84. The molecule has 30 heavy (non-hydrogen) atoms. The first kappa shape index (κ1) is 18.9. The Kier molecular flexibility index (Phi) is 4.78. The van der Waals surface area contributed by atoms with Gasteiger partial charge in [-0.1, -0.05) is 12.1 Å². The van der Waals surface area contributed by atoms with E-state index in [4.69, 9.17) is 5.26 Å². The number of fused-ring (bicyclic) bond motifs is 2. The number of likely N-dealkylation sites (tertiary alicyclic amines) is 1. The Hall–Kier alpha value is -3.14. The summed E-state index contributed by atoms with van der Waals surface area (Å²) in [6, 6.07) is 11.3. The summed E-state index contributed by atoms with van der Waals surface area (Å²) in [4.78, 5) is 27.8. The quantitative estimate of drug-likeness (QED) is 0.801. The van der Waals surface area contributed by atoms with Crippen LogP contribution in [0.1, 0.15) is 53.2 Å². The Morgan fingerprint density at radius 2 is 1.83 bits per heavy atom. The maximum atomic E-state index is 13.0. The van der Waals surface area contributed by atoms with Gasteiger partial charge in [0.05, 0.1) is 12.5 Å². The molecular weight excluding hydrogens is 378 g/mol. The summed E-state index contributed by atoms with van der Waals surface area (Å²) in [5.74, 6) is 1.53. The van der Waals surface area contributed by atoms with E-state index in [1.54, 1.807) is 12.1 Å². The molecule has 1 aromatic carbocycles. The van der Waals surface area contributed by atoms with Crippen LogP contribution in [-0.2, 0) is 11.2 Å². The van der Waals surface area contributed by atoms with E-state index in [0.29, 0.717) is 36.8 Å². The highest BCUT2D eigenvalue weighted by atomic mass is 16.2. The first-order valence-electron chi connectivity index (χ1n) is 10.7. The van der Waals surface area contributed by atoms with Gasteiger partial charge in [0.2, 0.25) is 5.91 Å². The lowest BCUT2D eigenvalue weighted by Gasteiger charge is -2.37. The molecule has 2 N–H and O–H groups in total. The van der Waals surface area contributed by atoms with Crippen LogP contribution >= 0.6 is 0 Å². The summed E-state index contributed by atoms with van der Waals surface area (Å²) in [7, 11) is 0. The molecule has 3 aliphatic rings. The third-order valence-electron chi connectivity index (χ3n) is 6.77. The zero-order chi connectivity index (χ0) is 20.7. The zero-order valence-electron chi connectivity index (χ0n) is 16.8. The van der Waals surface area contributed by atoms with Gasteiger partial charge in [0.1, 0.15) is 0 Å². The summed E-state index contributed by atoms with van der Waals surface area (Å²) in [5, 5.41) is 19.1. The lowest BCUT2D eigenvalue weighted by atomic mass is 9.84. The van der Waals surface area contributed by atoms with Crippen LogP contribution in [0.4, 0.5) is 5.82 Å². The van der Waals surface area contributed by atoms with Crippen LogP contribution in [0.15, 0.2) is 30.3 Å². The number of nitrogens with one attached hydrogen (secondary N) is 2. The number of hydrogen-bond donors (Lipinski definition) is 2. The molecular formula is C23H25N5O2. The maximum Gasteiger partial charge on any atom is 0.253 e. The van der Waals surface area contributed by atoms with Gasteiger partial charge in [0.15, 0.2) is 5.82 Å². The van der Waals surface area contributed by atoms with E-state index < -0.39 is 0 Å². The van der Waals surface area contributed by atoms with Gasteiger partial charge in [-0.2, -0.15) is 10.4 Å². The first-order chi connectivity index (χ1) is 14.6. The fourth-order valence-electron chi connectivity index (χ4n) is 5.07. The Labute approximate surface area is 175 Å². The van der Waals surface area contributed by atoms with Gasteiger partial charge in [-0.25, -0.2) is 0 Å². The molecule has 2 bridgehead atoms. The van der Waals surface area contributed by atoms with Crippen molar-refractivity contribution in [3.8, 4) is 6.07 Å². The van der Waals surface area contributed by atoms with Crippen molar-refractivity contribution in [3.05, 3.63) is 47.2 Å². The van der Waals surface area contributed by atoms with Crippen LogP contribution in [-0.4, -0.2) is 40.0 Å². The molecule has 2 amide bonds. The van der Waals surface area contributed by atoms with Crippen molar-refractivity contribution in [2.75, 3.05) is 18.4 Å². The second kappa shape index (κ2) is 7.60. The number of nitrogens with zero attached hydrogens (tertiary/aromatic N) is 3. The standard InChI is InChI=1S/C23H25N5O2/c24-10-9-14-1-3-16(4-2-14)23(30)28-12-17-7-8-18(13-28)21(17)22(29)25-20-11-19(26-27-20)15-5-6-15/h1-4,11,15,17-18,21H,5-9,12-13H2,(H2,25,26,27,29)/t17-,18-/m0/s1. The molecule has 1 aromatic heterocycles. The molecule has 7 heteroatoms. The molecule has 2 atom stereocenters. The predicted molar refractivity (Wildman–Crippen MR) is 111 cm³/mol. The molecule has 5 rings (SSSR count). The number of anilines is 1. The van der Waals surface area contributed by atoms with Crippen LogP contribution in [0.2, 0.25) is 0 Å². The number of aromatic nitrogens is 2. The lowest BCUT2D eigenvalue weighted by Crippen LogP contribution is -2.48. The third-order valence-corrected chi connectivity index (χ3v) is 6.77. The smallest absolute Gasteiger partial charge is 0.253 e. The Morgan fingerprint density at radius 3 is 2.47 bits per heavy atom. The first-order valence-corrected chi connectivity index (χ1v) is 10.7. The third kappa shape index (κ3) is 3.58. The monoisotopic (exact) mass is 403 g/mol. The highest BCUT2D eigenvalue weighted by molar-refractivity contribution is 5.95. The van der Waals surface area contributed by atoms with E-state index in [1.165, 1.54) is 12.8 Å². The number of carbonyl (C=O) groups is 2. The average molecular weight is 403 g/mol. The van der Waals surface area contributed by atoms with Crippen molar-refractivity contribution in [1.29, 1.82) is 5.26 Å². The molecule has 2 saturated carbocycles. The number of nitriles is 1. The van der Waals surface area contributed by atoms with Gasteiger partial charge in [0.25, 0.3) is 5.91 Å². The fraction of sp³-hybridized carbons (Fsp3) is 0.478. The topological polar surface area (TPSA) is 102 Å². The summed E-state index contributed by atoms with van der Waals surface area (Å²) in [6.07, 6.45) is 4.67. The molecule has 3 fully saturated rings. The highest BCUT2D eigenvalue weighted by Gasteiger charge is 2.47. The number of H-pyrrole nitrogens is 1. The number of carbonyl (C=O) groups excluding carboxylic acids is 2. The summed E-state index contributed by atoms with van der Waals surface area (Å²) >= 11 is 0. The fourth-order valence-corrected chi connectivity index (χ4v) is 5.07. The van der Waals surface area contributed by atoms with Crippen molar-refractivity contribution >= 4 is 17.6 Å². The normalized spacial score (nSPS) is 25.0. The minimum atomic E-state index is -0.0619. The lowest BCUT2D eigenvalue weighted by molar-refractivity contribution is -0.123. The Morgan fingerprint density at radius 1 is 1.13 bits per heavy atom. The molecule has 0 spiro atoms. The Balaban J connectivity index is 1.23. The van der Waals surface area contributed by atoms with E-state index in [-0.39, 0.29) is 29.6 Å². The van der Waals surface area contributed by atoms with Gasteiger partial charge >= 0.3 is 0 Å². The van der Waals surface area contributed by atoms with E-state index in [9.17, 15) is 9.59 Å². The van der Waals surface area contributed by atoms with Gasteiger partial charge in [-0.15, -0.1) is 0 Å². The van der Waals surface area contributed by atoms with Crippen LogP contribution in [0.25, 0.3) is 0 Å². The van der Waals surface area contributed by atoms with Crippen molar-refractivity contribution in [2.24, 2.45) is 17.8 Å². The second-order valence-electron chi connectivity index (χ2n) is 8.84. The molecule has 1 aliphatic heterocycles. The van der Waals surface area contributed by atoms with Crippen LogP contribution < -0.4 is 5.32 Å². The van der Waals surface area contributed by atoms with E-state index in [0.717, 1.165) is 24.1 Å². The molecule has 0 unspecified atom stereocenters. The number of benzene rings is 1. The minimum Gasteiger partial charge on any atom is -0.338 e. The number of aromatic amines is 1. The van der Waals surface area contributed by atoms with Crippen molar-refractivity contribution in [3.63, 3.8) is 0 Å². The summed E-state index contributed by atoms with van der Waals surface area (Å²) < 4.78 is 0. The molecule has 2 aliphatic carbocycles. The number of piperidine rings is 1. The van der Waals surface area contributed by atoms with Gasteiger partial charge in [-0.3, -0.25) is 14.7 Å². The van der Waals surface area contributed by atoms with Gasteiger partial charge in [0, 0.05) is 42.2 Å². The molecule has 0 radical (unpaired) electrons. The minimum absolute atomic E-state index is 0.00985. The molecule has 2 aromatic rings. The zero-order valence-corrected chi connectivity index (χ0v) is 16.8. The Bertz CT molecular complexity index is 987. The van der Waals surface area contributed by atoms with Crippen molar-refractivity contribution < 1.29 is 9.59 Å². The predicted octanol–water partition coefficient (Wildman–Crippen LogP) is 3.09. The average Bonchev–Trinajstić information content (AvgIpc) is 3.44. The van der Waals surface area contributed by atoms with Gasteiger partial charge in [-0.05, 0) is 55.2 Å².